The number of amides is 1. The number of rotatable bonds is 15. The van der Waals surface area contributed by atoms with Crippen molar-refractivity contribution in [1.29, 1.82) is 5.41 Å². The summed E-state index contributed by atoms with van der Waals surface area (Å²) in [5.41, 5.74) is -2.26. The van der Waals surface area contributed by atoms with E-state index in [1.807, 2.05) is 0 Å². The molecule has 3 rings (SSSR count). The highest BCUT2D eigenvalue weighted by molar-refractivity contribution is 8.00. The molecule has 0 aromatic heterocycles. The summed E-state index contributed by atoms with van der Waals surface area (Å²) in [5.74, 6) is -1.90. The molecule has 21 nitrogen and oxygen atoms in total. The van der Waals surface area contributed by atoms with Crippen molar-refractivity contribution >= 4 is 23.6 Å². The molecule has 0 aromatic rings. The lowest BCUT2D eigenvalue weighted by atomic mass is 9.97. The molecular formula is C29H50N2O19S. The standard InChI is InChI=1S/C29H50N2O19S/c1-9-16(35)19(38)22(41)27(45-9)47-12(5-6-32)24(15(31-11(3)34)26(43)51-8-14(30)44-4)49-29-25(21(40)18(37)13(7-33)48-29)50-28-23(42)20(39)17(36)10(2)46-28/h9-10,12-13,16-23,25-30,32-33,35-43H,5-8H2,1-4H3,(H,31,34)/b24-15-,30-14?/t9?,10?,12-,13?,16-,17-,18+,19?,20?,21?,22?,23?,25?,26+,27+,28+,29+/m1/s1. The smallest absolute Gasteiger partial charge is 0.229 e. The van der Waals surface area contributed by atoms with Crippen molar-refractivity contribution in [2.45, 2.75) is 131 Å². The maximum Gasteiger partial charge on any atom is 0.229 e. The molecule has 22 heteroatoms. The van der Waals surface area contributed by atoms with Crippen LogP contribution in [0.15, 0.2) is 11.5 Å². The van der Waals surface area contributed by atoms with Crippen LogP contribution < -0.4 is 5.32 Å². The van der Waals surface area contributed by atoms with Gasteiger partial charge >= 0.3 is 0 Å². The average Bonchev–Trinajstić information content (AvgIpc) is 3.09. The summed E-state index contributed by atoms with van der Waals surface area (Å²) in [6, 6.07) is 0. The molecule has 3 aliphatic heterocycles. The van der Waals surface area contributed by atoms with Gasteiger partial charge in [0.25, 0.3) is 0 Å². The number of thioether (sulfide) groups is 1. The van der Waals surface area contributed by atoms with Gasteiger partial charge in [0.05, 0.1) is 37.4 Å². The molecule has 3 aliphatic rings. The molecule has 1 amide bonds. The van der Waals surface area contributed by atoms with E-state index in [-0.39, 0.29) is 11.7 Å². The Hall–Kier alpha value is -1.81. The van der Waals surface area contributed by atoms with Crippen LogP contribution in [-0.2, 0) is 38.0 Å². The third kappa shape index (κ3) is 10.7. The molecule has 296 valence electrons. The fourth-order valence-electron chi connectivity index (χ4n) is 5.41. The number of ether oxygens (including phenoxy) is 7. The van der Waals surface area contributed by atoms with E-state index in [0.29, 0.717) is 11.8 Å². The van der Waals surface area contributed by atoms with Gasteiger partial charge in [0.1, 0.15) is 66.5 Å². The number of nitrogens with one attached hydrogen (secondary N) is 2. The van der Waals surface area contributed by atoms with Gasteiger partial charge in [-0.1, -0.05) is 0 Å². The van der Waals surface area contributed by atoms with Gasteiger partial charge in [-0.15, -0.1) is 11.8 Å². The second-order valence-corrected chi connectivity index (χ2v) is 13.2. The zero-order chi connectivity index (χ0) is 38.3. The van der Waals surface area contributed by atoms with Crippen molar-refractivity contribution in [3.63, 3.8) is 0 Å². The van der Waals surface area contributed by atoms with Crippen molar-refractivity contribution < 1.29 is 94.1 Å². The molecule has 0 aliphatic carbocycles. The second kappa shape index (κ2) is 19.5. The molecule has 0 bridgehead atoms. The van der Waals surface area contributed by atoms with Crippen molar-refractivity contribution in [3.05, 3.63) is 11.5 Å². The molecule has 0 spiro atoms. The highest BCUT2D eigenvalue weighted by atomic mass is 32.2. The monoisotopic (exact) mass is 762 g/mol. The van der Waals surface area contributed by atoms with Crippen LogP contribution in [0.5, 0.6) is 0 Å². The van der Waals surface area contributed by atoms with Crippen LogP contribution in [0, 0.1) is 5.41 Å². The lowest BCUT2D eigenvalue weighted by molar-refractivity contribution is -0.363. The van der Waals surface area contributed by atoms with E-state index < -0.39 is 141 Å². The summed E-state index contributed by atoms with van der Waals surface area (Å²) in [6.45, 7) is 2.22. The quantitative estimate of drug-likeness (QED) is 0.0320. The first-order valence-electron chi connectivity index (χ1n) is 16.0. The minimum absolute atomic E-state index is 0.252. The van der Waals surface area contributed by atoms with E-state index in [2.05, 4.69) is 5.32 Å². The molecule has 0 saturated carbocycles. The highest BCUT2D eigenvalue weighted by Crippen LogP contribution is 2.34. The molecule has 3 saturated heterocycles. The third-order valence-corrected chi connectivity index (χ3v) is 9.38. The van der Waals surface area contributed by atoms with Crippen molar-refractivity contribution in [1.82, 2.24) is 5.32 Å². The minimum Gasteiger partial charge on any atom is -0.484 e. The summed E-state index contributed by atoms with van der Waals surface area (Å²) < 4.78 is 39.4. The lowest BCUT2D eigenvalue weighted by Gasteiger charge is -2.46. The molecule has 9 unspecified atom stereocenters. The Balaban J connectivity index is 2.15. The number of hydrogen-bond acceptors (Lipinski definition) is 21. The number of carbonyl (C=O) groups excluding carboxylic acids is 1. The van der Waals surface area contributed by atoms with Crippen LogP contribution in [-0.4, -0.2) is 198 Å². The minimum atomic E-state index is -1.99. The van der Waals surface area contributed by atoms with Gasteiger partial charge in [-0.25, -0.2) is 0 Å². The van der Waals surface area contributed by atoms with Crippen molar-refractivity contribution in [2.24, 2.45) is 0 Å². The molecule has 3 fully saturated rings. The molecule has 0 radical (unpaired) electrons. The van der Waals surface area contributed by atoms with Gasteiger partial charge in [-0.05, 0) is 13.8 Å². The first kappa shape index (κ1) is 43.6. The Bertz CT molecular complexity index is 1170. The summed E-state index contributed by atoms with van der Waals surface area (Å²) in [4.78, 5) is 12.5. The molecule has 13 N–H and O–H groups in total. The average molecular weight is 763 g/mol. The van der Waals surface area contributed by atoms with Crippen molar-refractivity contribution in [2.75, 3.05) is 26.1 Å². The normalized spacial score (nSPS) is 40.5. The van der Waals surface area contributed by atoms with Crippen LogP contribution in [0.25, 0.3) is 0 Å². The van der Waals surface area contributed by atoms with Crippen LogP contribution in [0.1, 0.15) is 27.2 Å². The number of aliphatic hydroxyl groups is 11. The van der Waals surface area contributed by atoms with E-state index >= 15 is 0 Å². The topological polar surface area (TPSA) is 340 Å². The third-order valence-electron chi connectivity index (χ3n) is 8.40. The second-order valence-electron chi connectivity index (χ2n) is 12.2. The van der Waals surface area contributed by atoms with Gasteiger partial charge in [-0.2, -0.15) is 0 Å². The fraction of sp³-hybridized carbons (Fsp3) is 0.862. The SMILES string of the molecule is COC(=N)CS[C@H](O)/C(NC(C)=O)=C(/O[C@@H]1OC(CO)[C@H](O)C(O)C1O[C@@H]1OC(C)[C@@H](O)C(O)C1O)[C@@H](CCO)O[C@@H]1OC(C)[C@@H](O)C(O)C1O. The zero-order valence-electron chi connectivity index (χ0n) is 28.2. The highest BCUT2D eigenvalue weighted by Gasteiger charge is 2.52. The first-order chi connectivity index (χ1) is 24.0. The maximum absolute atomic E-state index is 12.5. The lowest BCUT2D eigenvalue weighted by Crippen LogP contribution is -2.64. The summed E-state index contributed by atoms with van der Waals surface area (Å²) >= 11 is 0.645. The van der Waals surface area contributed by atoms with E-state index in [1.54, 1.807) is 0 Å². The molecule has 3 heterocycles. The van der Waals surface area contributed by atoms with Crippen molar-refractivity contribution in [3.8, 4) is 0 Å². The Morgan fingerprint density at radius 3 is 1.92 bits per heavy atom. The summed E-state index contributed by atoms with van der Waals surface area (Å²) in [6.07, 6.45) is -27.4. The number of aliphatic hydroxyl groups excluding tert-OH is 11. The van der Waals surface area contributed by atoms with Gasteiger partial charge in [0.15, 0.2) is 30.3 Å². The predicted octanol–water partition coefficient (Wildman–Crippen LogP) is -5.73. The molecule has 17 atom stereocenters. The van der Waals surface area contributed by atoms with Gasteiger partial charge < -0.3 is 94.6 Å². The van der Waals surface area contributed by atoms with Crippen LogP contribution in [0.3, 0.4) is 0 Å². The summed E-state index contributed by atoms with van der Waals surface area (Å²) in [7, 11) is 1.21. The molecule has 51 heavy (non-hydrogen) atoms. The Morgan fingerprint density at radius 2 is 1.39 bits per heavy atom. The van der Waals surface area contributed by atoms with E-state index in [1.165, 1.54) is 21.0 Å². The predicted molar refractivity (Wildman–Crippen MR) is 169 cm³/mol. The molecular weight excluding hydrogens is 712 g/mol. The van der Waals surface area contributed by atoms with Crippen LogP contribution >= 0.6 is 11.8 Å². The van der Waals surface area contributed by atoms with Gasteiger partial charge in [0, 0.05) is 20.0 Å². The van der Waals surface area contributed by atoms with E-state index in [0.717, 1.165) is 6.92 Å². The zero-order valence-corrected chi connectivity index (χ0v) is 29.1. The largest absolute Gasteiger partial charge is 0.484 e. The Morgan fingerprint density at radius 1 is 0.824 bits per heavy atom. The van der Waals surface area contributed by atoms with Gasteiger partial charge in [-0.3, -0.25) is 10.2 Å². The fourth-order valence-corrected chi connectivity index (χ4v) is 6.18. The summed E-state index contributed by atoms with van der Waals surface area (Å²) in [5, 5.41) is 126. The number of carbonyl (C=O) groups is 1. The maximum atomic E-state index is 12.5. The van der Waals surface area contributed by atoms with E-state index in [4.69, 9.17) is 38.6 Å². The number of hydrogen-bond donors (Lipinski definition) is 13. The van der Waals surface area contributed by atoms with Crippen LogP contribution in [0.4, 0.5) is 0 Å². The first-order valence-corrected chi connectivity index (χ1v) is 17.0. The van der Waals surface area contributed by atoms with Crippen LogP contribution in [0.2, 0.25) is 0 Å². The number of methoxy groups -OCH3 is 1. The molecule has 0 aromatic carbocycles. The Labute approximate surface area is 296 Å². The van der Waals surface area contributed by atoms with E-state index in [9.17, 15) is 61.0 Å². The Kier molecular flexibility index (Phi) is 16.7. The van der Waals surface area contributed by atoms with Gasteiger partial charge in [0.2, 0.25) is 12.2 Å².